The molecule has 0 aliphatic carbocycles. The molecule has 2 heterocycles. The van der Waals surface area contributed by atoms with Crippen molar-refractivity contribution >= 4 is 36.1 Å². The number of nitrogens with zero attached hydrogens (tertiary/aromatic N) is 1. The third-order valence-electron chi connectivity index (χ3n) is 4.40. The number of aromatic nitrogens is 1. The number of hydrogen-bond acceptors (Lipinski definition) is 3. The molecule has 0 saturated carbocycles. The highest BCUT2D eigenvalue weighted by molar-refractivity contribution is 7.20. The van der Waals surface area contributed by atoms with E-state index in [1.165, 1.54) is 36.9 Å². The van der Waals surface area contributed by atoms with Crippen molar-refractivity contribution in [3.05, 3.63) is 71.1 Å². The fraction of sp³-hybridized carbons (Fsp3) is 0.0952. The number of rotatable bonds is 3. The molecule has 25 heavy (non-hydrogen) atoms. The first-order valence-electron chi connectivity index (χ1n) is 8.34. The summed E-state index contributed by atoms with van der Waals surface area (Å²) in [4.78, 5) is 8.87. The number of aryl methyl sites for hydroxylation is 1. The Balaban J connectivity index is 1.84. The quantitative estimate of drug-likeness (QED) is 0.465. The van der Waals surface area contributed by atoms with Gasteiger partial charge in [0.2, 0.25) is 0 Å². The van der Waals surface area contributed by atoms with Crippen molar-refractivity contribution in [2.45, 2.75) is 13.8 Å². The van der Waals surface area contributed by atoms with Crippen LogP contribution in [0.25, 0.3) is 31.5 Å². The molecule has 0 unspecified atom stereocenters. The maximum absolute atomic E-state index is 4.84. The molecule has 0 N–H and O–H groups in total. The van der Waals surface area contributed by atoms with E-state index in [4.69, 9.17) is 4.98 Å². The Morgan fingerprint density at radius 2 is 1.36 bits per heavy atom. The molecular weight excluding hydrogens is 341 g/mol. The van der Waals surface area contributed by atoms with E-state index in [0.29, 0.717) is 0 Å². The van der Waals surface area contributed by atoms with Crippen LogP contribution >= 0.6 is 22.7 Å². The van der Waals surface area contributed by atoms with Gasteiger partial charge in [0.25, 0.3) is 0 Å². The molecule has 4 rings (SSSR count). The summed E-state index contributed by atoms with van der Waals surface area (Å²) in [5, 5.41) is 1.10. The van der Waals surface area contributed by atoms with Crippen LogP contribution in [0.4, 0.5) is 0 Å². The smallest absolute Gasteiger partial charge is 0.165 e. The average molecular weight is 359 g/mol. The second kappa shape index (κ2) is 6.62. The Kier molecular flexibility index (Phi) is 4.32. The minimum atomic E-state index is 1.10. The molecule has 0 saturated heterocycles. The molecular formula is C21H18BNS2. The van der Waals surface area contributed by atoms with Crippen molar-refractivity contribution < 1.29 is 0 Å². The molecule has 0 fully saturated rings. The number of thiazole rings is 1. The molecule has 0 radical (unpaired) electrons. The topological polar surface area (TPSA) is 12.9 Å². The highest BCUT2D eigenvalue weighted by atomic mass is 32.1. The zero-order valence-corrected chi connectivity index (χ0v) is 16.2. The second-order valence-electron chi connectivity index (χ2n) is 6.15. The zero-order chi connectivity index (χ0) is 17.4. The summed E-state index contributed by atoms with van der Waals surface area (Å²) < 4.78 is 0. The summed E-state index contributed by atoms with van der Waals surface area (Å²) in [6.07, 6.45) is 0. The standard InChI is InChI=1S/C21H18BNS2/c1-13-17(14(2)24-18(13)15-9-5-3-6-10-15)19-20(22)23-21(25-19)16-11-7-4-8-12-16/h3-12H,22H2,1-2H3. The summed E-state index contributed by atoms with van der Waals surface area (Å²) in [5.41, 5.74) is 6.33. The van der Waals surface area contributed by atoms with E-state index in [1.54, 1.807) is 11.3 Å². The van der Waals surface area contributed by atoms with Gasteiger partial charge in [-0.2, -0.15) is 0 Å². The first-order valence-corrected chi connectivity index (χ1v) is 9.97. The Labute approximate surface area is 157 Å². The van der Waals surface area contributed by atoms with Crippen molar-refractivity contribution in [3.63, 3.8) is 0 Å². The SMILES string of the molecule is Bc1nc(-c2ccccc2)sc1-c1c(C)sc(-c2ccccc2)c1C. The lowest BCUT2D eigenvalue weighted by Gasteiger charge is -2.02. The maximum Gasteiger partial charge on any atom is 0.165 e. The minimum Gasteiger partial charge on any atom is -0.251 e. The van der Waals surface area contributed by atoms with Gasteiger partial charge in [-0.05, 0) is 25.0 Å². The monoisotopic (exact) mass is 359 g/mol. The van der Waals surface area contributed by atoms with Gasteiger partial charge in [-0.15, -0.1) is 22.7 Å². The molecule has 1 nitrogen and oxygen atoms in total. The van der Waals surface area contributed by atoms with Crippen molar-refractivity contribution in [3.8, 4) is 31.5 Å². The lowest BCUT2D eigenvalue weighted by Crippen LogP contribution is -2.06. The largest absolute Gasteiger partial charge is 0.251 e. The van der Waals surface area contributed by atoms with Crippen LogP contribution in [0.1, 0.15) is 10.4 Å². The summed E-state index contributed by atoms with van der Waals surface area (Å²) in [7, 11) is 2.12. The van der Waals surface area contributed by atoms with Crippen LogP contribution in [-0.4, -0.2) is 12.8 Å². The van der Waals surface area contributed by atoms with Gasteiger partial charge < -0.3 is 0 Å². The van der Waals surface area contributed by atoms with Gasteiger partial charge in [-0.1, -0.05) is 60.7 Å². The highest BCUT2D eigenvalue weighted by Crippen LogP contribution is 2.43. The lowest BCUT2D eigenvalue weighted by molar-refractivity contribution is 1.45. The molecule has 122 valence electrons. The average Bonchev–Trinajstić information content (AvgIpc) is 3.16. The van der Waals surface area contributed by atoms with Crippen molar-refractivity contribution in [1.29, 1.82) is 0 Å². The molecule has 0 aliphatic rings. The van der Waals surface area contributed by atoms with Crippen LogP contribution < -0.4 is 5.59 Å². The van der Waals surface area contributed by atoms with E-state index in [2.05, 4.69) is 76.3 Å². The Bertz CT molecular complexity index is 1020. The Hall–Kier alpha value is -2.17. The van der Waals surface area contributed by atoms with Gasteiger partial charge in [0, 0.05) is 31.4 Å². The Morgan fingerprint density at radius 3 is 2.00 bits per heavy atom. The van der Waals surface area contributed by atoms with E-state index >= 15 is 0 Å². The molecule has 0 bridgehead atoms. The van der Waals surface area contributed by atoms with Gasteiger partial charge in [-0.3, -0.25) is 4.98 Å². The van der Waals surface area contributed by atoms with Gasteiger partial charge >= 0.3 is 0 Å². The summed E-state index contributed by atoms with van der Waals surface area (Å²) in [5.74, 6) is 0. The van der Waals surface area contributed by atoms with Crippen molar-refractivity contribution in [2.75, 3.05) is 0 Å². The third kappa shape index (κ3) is 2.96. The number of hydrogen-bond donors (Lipinski definition) is 0. The zero-order valence-electron chi connectivity index (χ0n) is 14.5. The predicted molar refractivity (Wildman–Crippen MR) is 114 cm³/mol. The summed E-state index contributed by atoms with van der Waals surface area (Å²) >= 11 is 3.68. The van der Waals surface area contributed by atoms with Crippen LogP contribution in [0.5, 0.6) is 0 Å². The van der Waals surface area contributed by atoms with Crippen LogP contribution in [-0.2, 0) is 0 Å². The lowest BCUT2D eigenvalue weighted by atomic mass is 9.96. The van der Waals surface area contributed by atoms with E-state index in [9.17, 15) is 0 Å². The molecule has 2 aromatic heterocycles. The van der Waals surface area contributed by atoms with Gasteiger partial charge in [0.1, 0.15) is 5.01 Å². The molecule has 0 aliphatic heterocycles. The minimum absolute atomic E-state index is 1.10. The normalized spacial score (nSPS) is 11.0. The first-order chi connectivity index (χ1) is 12.1. The van der Waals surface area contributed by atoms with E-state index in [-0.39, 0.29) is 0 Å². The molecule has 2 aromatic carbocycles. The van der Waals surface area contributed by atoms with Gasteiger partial charge in [0.05, 0.1) is 0 Å². The van der Waals surface area contributed by atoms with E-state index in [0.717, 1.165) is 10.6 Å². The molecule has 0 atom stereocenters. The summed E-state index contributed by atoms with van der Waals surface area (Å²) in [6, 6.07) is 21.1. The third-order valence-corrected chi connectivity index (χ3v) is 6.88. The number of benzene rings is 2. The van der Waals surface area contributed by atoms with E-state index in [1.807, 2.05) is 17.4 Å². The maximum atomic E-state index is 4.84. The molecule has 0 spiro atoms. The van der Waals surface area contributed by atoms with Crippen molar-refractivity contribution in [2.24, 2.45) is 0 Å². The fourth-order valence-corrected chi connectivity index (χ4v) is 5.65. The van der Waals surface area contributed by atoms with E-state index < -0.39 is 0 Å². The predicted octanol–water partition coefficient (Wildman–Crippen LogP) is 5.08. The van der Waals surface area contributed by atoms with Crippen molar-refractivity contribution in [1.82, 2.24) is 4.98 Å². The summed E-state index contributed by atoms with van der Waals surface area (Å²) in [6.45, 7) is 4.46. The van der Waals surface area contributed by atoms with Crippen LogP contribution in [0.2, 0.25) is 0 Å². The second-order valence-corrected chi connectivity index (χ2v) is 8.38. The Morgan fingerprint density at radius 1 is 0.760 bits per heavy atom. The fourth-order valence-electron chi connectivity index (χ4n) is 3.19. The van der Waals surface area contributed by atoms with Crippen LogP contribution in [0.15, 0.2) is 60.7 Å². The van der Waals surface area contributed by atoms with Crippen LogP contribution in [0, 0.1) is 13.8 Å². The van der Waals surface area contributed by atoms with Crippen LogP contribution in [0.3, 0.4) is 0 Å². The van der Waals surface area contributed by atoms with Gasteiger partial charge in [0.15, 0.2) is 7.85 Å². The number of thiophene rings is 1. The highest BCUT2D eigenvalue weighted by Gasteiger charge is 2.19. The molecule has 4 aromatic rings. The first kappa shape index (κ1) is 16.3. The molecule has 0 amide bonds. The van der Waals surface area contributed by atoms with Gasteiger partial charge in [-0.25, -0.2) is 0 Å². The molecule has 4 heteroatoms.